The lowest BCUT2D eigenvalue weighted by atomic mass is 10.2. The molecule has 16 heavy (non-hydrogen) atoms. The molecule has 2 aromatic rings. The zero-order valence-electron chi connectivity index (χ0n) is 9.10. The molecule has 2 rings (SSSR count). The minimum absolute atomic E-state index is 0.105. The SMILES string of the molecule is CC(N)Cc1nccn1-c1ccc(Cl)cc1. The minimum Gasteiger partial charge on any atom is -0.328 e. The number of hydrogen-bond acceptors (Lipinski definition) is 2. The van der Waals surface area contributed by atoms with Gasteiger partial charge >= 0.3 is 0 Å². The van der Waals surface area contributed by atoms with Crippen LogP contribution in [0.1, 0.15) is 12.7 Å². The zero-order valence-corrected chi connectivity index (χ0v) is 9.85. The van der Waals surface area contributed by atoms with Crippen molar-refractivity contribution < 1.29 is 0 Å². The van der Waals surface area contributed by atoms with Gasteiger partial charge in [0, 0.05) is 35.6 Å². The van der Waals surface area contributed by atoms with E-state index in [1.54, 1.807) is 6.20 Å². The highest BCUT2D eigenvalue weighted by molar-refractivity contribution is 6.30. The van der Waals surface area contributed by atoms with E-state index in [0.29, 0.717) is 0 Å². The largest absolute Gasteiger partial charge is 0.328 e. The first-order valence-corrected chi connectivity index (χ1v) is 5.58. The fourth-order valence-corrected chi connectivity index (χ4v) is 1.74. The van der Waals surface area contributed by atoms with Gasteiger partial charge in [-0.05, 0) is 31.2 Å². The first-order valence-electron chi connectivity index (χ1n) is 5.20. The molecule has 1 aromatic carbocycles. The van der Waals surface area contributed by atoms with E-state index in [1.807, 2.05) is 42.0 Å². The van der Waals surface area contributed by atoms with Gasteiger partial charge in [0.05, 0.1) is 0 Å². The fourth-order valence-electron chi connectivity index (χ4n) is 1.61. The zero-order chi connectivity index (χ0) is 11.5. The van der Waals surface area contributed by atoms with Crippen molar-refractivity contribution in [2.75, 3.05) is 0 Å². The molecular weight excluding hydrogens is 222 g/mol. The van der Waals surface area contributed by atoms with Crippen LogP contribution in [0.4, 0.5) is 0 Å². The van der Waals surface area contributed by atoms with Crippen LogP contribution >= 0.6 is 11.6 Å². The number of aromatic nitrogens is 2. The molecule has 0 bridgehead atoms. The molecule has 0 aliphatic carbocycles. The molecule has 1 heterocycles. The Morgan fingerprint density at radius 3 is 2.69 bits per heavy atom. The second kappa shape index (κ2) is 4.68. The predicted molar refractivity (Wildman–Crippen MR) is 65.9 cm³/mol. The van der Waals surface area contributed by atoms with Gasteiger partial charge < -0.3 is 10.3 Å². The van der Waals surface area contributed by atoms with Crippen molar-refractivity contribution in [2.24, 2.45) is 5.73 Å². The summed E-state index contributed by atoms with van der Waals surface area (Å²) in [6.45, 7) is 1.97. The smallest absolute Gasteiger partial charge is 0.114 e. The summed E-state index contributed by atoms with van der Waals surface area (Å²) in [5.74, 6) is 0.970. The van der Waals surface area contributed by atoms with Crippen LogP contribution < -0.4 is 5.73 Å². The van der Waals surface area contributed by atoms with Crippen LogP contribution in [0.2, 0.25) is 5.02 Å². The van der Waals surface area contributed by atoms with Gasteiger partial charge in [-0.2, -0.15) is 0 Å². The summed E-state index contributed by atoms with van der Waals surface area (Å²) in [5.41, 5.74) is 6.83. The van der Waals surface area contributed by atoms with Crippen LogP contribution in [-0.4, -0.2) is 15.6 Å². The molecule has 84 valence electrons. The fraction of sp³-hybridized carbons (Fsp3) is 0.250. The molecule has 0 aliphatic heterocycles. The van der Waals surface area contributed by atoms with E-state index in [1.165, 1.54) is 0 Å². The van der Waals surface area contributed by atoms with Gasteiger partial charge in [0.15, 0.2) is 0 Å². The Labute approximate surface area is 99.9 Å². The lowest BCUT2D eigenvalue weighted by molar-refractivity contribution is 0.692. The molecule has 0 amide bonds. The van der Waals surface area contributed by atoms with Gasteiger partial charge in [-0.3, -0.25) is 0 Å². The van der Waals surface area contributed by atoms with Crippen LogP contribution in [0.5, 0.6) is 0 Å². The second-order valence-electron chi connectivity index (χ2n) is 3.87. The summed E-state index contributed by atoms with van der Waals surface area (Å²) in [6, 6.07) is 7.77. The maximum atomic E-state index is 5.85. The molecule has 1 atom stereocenters. The van der Waals surface area contributed by atoms with Crippen LogP contribution in [-0.2, 0) is 6.42 Å². The summed E-state index contributed by atoms with van der Waals surface area (Å²) in [4.78, 5) is 4.31. The molecule has 2 N–H and O–H groups in total. The van der Waals surface area contributed by atoms with Gasteiger partial charge in [-0.25, -0.2) is 4.98 Å². The Morgan fingerprint density at radius 1 is 1.38 bits per heavy atom. The maximum absolute atomic E-state index is 5.85. The molecule has 0 saturated carbocycles. The van der Waals surface area contributed by atoms with Gasteiger partial charge in [0.1, 0.15) is 5.82 Å². The Kier molecular flexibility index (Phi) is 3.27. The average Bonchev–Trinajstić information content (AvgIpc) is 2.66. The minimum atomic E-state index is 0.105. The highest BCUT2D eigenvalue weighted by Gasteiger charge is 2.06. The summed E-state index contributed by atoms with van der Waals surface area (Å²) < 4.78 is 2.03. The highest BCUT2D eigenvalue weighted by atomic mass is 35.5. The molecule has 4 heteroatoms. The first-order chi connectivity index (χ1) is 7.66. The number of benzene rings is 1. The molecule has 0 spiro atoms. The number of rotatable bonds is 3. The molecule has 3 nitrogen and oxygen atoms in total. The number of imidazole rings is 1. The number of hydrogen-bond donors (Lipinski definition) is 1. The van der Waals surface area contributed by atoms with E-state index in [2.05, 4.69) is 4.98 Å². The van der Waals surface area contributed by atoms with Crippen LogP contribution in [0.25, 0.3) is 5.69 Å². The standard InChI is InChI=1S/C12H14ClN3/c1-9(14)8-12-15-6-7-16(12)11-4-2-10(13)3-5-11/h2-7,9H,8,14H2,1H3. The summed E-state index contributed by atoms with van der Waals surface area (Å²) >= 11 is 5.85. The van der Waals surface area contributed by atoms with E-state index in [0.717, 1.165) is 23.0 Å². The second-order valence-corrected chi connectivity index (χ2v) is 4.31. The Hall–Kier alpha value is -1.32. The Bertz CT molecular complexity index is 459. The Morgan fingerprint density at radius 2 is 2.06 bits per heavy atom. The molecular formula is C12H14ClN3. The van der Waals surface area contributed by atoms with Crippen molar-refractivity contribution in [1.29, 1.82) is 0 Å². The van der Waals surface area contributed by atoms with Crippen molar-refractivity contribution in [3.8, 4) is 5.69 Å². The number of halogens is 1. The van der Waals surface area contributed by atoms with Crippen LogP contribution in [0, 0.1) is 0 Å². The highest BCUT2D eigenvalue weighted by Crippen LogP contribution is 2.15. The van der Waals surface area contributed by atoms with Gasteiger partial charge in [-0.1, -0.05) is 11.6 Å². The maximum Gasteiger partial charge on any atom is 0.114 e. The van der Waals surface area contributed by atoms with Gasteiger partial charge in [-0.15, -0.1) is 0 Å². The first kappa shape index (κ1) is 11.2. The average molecular weight is 236 g/mol. The third-order valence-electron chi connectivity index (χ3n) is 2.33. The number of nitrogens with two attached hydrogens (primary N) is 1. The molecule has 1 unspecified atom stereocenters. The van der Waals surface area contributed by atoms with E-state index < -0.39 is 0 Å². The third-order valence-corrected chi connectivity index (χ3v) is 2.58. The topological polar surface area (TPSA) is 43.8 Å². The molecule has 0 fully saturated rings. The van der Waals surface area contributed by atoms with E-state index in [9.17, 15) is 0 Å². The normalized spacial score (nSPS) is 12.7. The van der Waals surface area contributed by atoms with E-state index in [4.69, 9.17) is 17.3 Å². The third kappa shape index (κ3) is 2.43. The molecule has 0 aliphatic rings. The molecule has 1 aromatic heterocycles. The lowest BCUT2D eigenvalue weighted by Gasteiger charge is -2.09. The quantitative estimate of drug-likeness (QED) is 0.888. The van der Waals surface area contributed by atoms with Crippen LogP contribution in [0.15, 0.2) is 36.7 Å². The summed E-state index contributed by atoms with van der Waals surface area (Å²) in [7, 11) is 0. The number of nitrogens with zero attached hydrogens (tertiary/aromatic N) is 2. The van der Waals surface area contributed by atoms with Crippen molar-refractivity contribution >= 4 is 11.6 Å². The van der Waals surface area contributed by atoms with Crippen molar-refractivity contribution in [3.63, 3.8) is 0 Å². The van der Waals surface area contributed by atoms with Crippen molar-refractivity contribution in [2.45, 2.75) is 19.4 Å². The summed E-state index contributed by atoms with van der Waals surface area (Å²) in [5, 5.41) is 0.734. The van der Waals surface area contributed by atoms with Crippen molar-refractivity contribution in [1.82, 2.24) is 9.55 Å². The van der Waals surface area contributed by atoms with Crippen molar-refractivity contribution in [3.05, 3.63) is 47.5 Å². The monoisotopic (exact) mass is 235 g/mol. The van der Waals surface area contributed by atoms with E-state index >= 15 is 0 Å². The van der Waals surface area contributed by atoms with Gasteiger partial charge in [0.2, 0.25) is 0 Å². The van der Waals surface area contributed by atoms with Crippen LogP contribution in [0.3, 0.4) is 0 Å². The molecule has 0 radical (unpaired) electrons. The van der Waals surface area contributed by atoms with E-state index in [-0.39, 0.29) is 6.04 Å². The lowest BCUT2D eigenvalue weighted by Crippen LogP contribution is -2.20. The molecule has 0 saturated heterocycles. The Balaban J connectivity index is 2.33. The van der Waals surface area contributed by atoms with Gasteiger partial charge in [0.25, 0.3) is 0 Å². The predicted octanol–water partition coefficient (Wildman–Crippen LogP) is 2.42. The summed E-state index contributed by atoms with van der Waals surface area (Å²) in [6.07, 6.45) is 4.48.